The molecule has 4 heteroatoms. The average Bonchev–Trinajstić information content (AvgIpc) is 2.86. The highest BCUT2D eigenvalue weighted by molar-refractivity contribution is 5.66. The second-order valence-electron chi connectivity index (χ2n) is 9.94. The van der Waals surface area contributed by atoms with E-state index < -0.39 is 0 Å². The van der Waals surface area contributed by atoms with Gasteiger partial charge in [-0.1, -0.05) is 13.8 Å². The number of carbonyl (C=O) groups is 1. The quantitative estimate of drug-likeness (QED) is 0.712. The lowest BCUT2D eigenvalue weighted by molar-refractivity contribution is -0.181. The molecule has 0 heterocycles. The minimum Gasteiger partial charge on any atom is -0.462 e. The molecule has 0 aromatic carbocycles. The molecule has 4 rings (SSSR count). The molecule has 0 aliphatic heterocycles. The molecule has 0 aromatic heterocycles. The van der Waals surface area contributed by atoms with Crippen LogP contribution in [0.5, 0.6) is 0 Å². The van der Waals surface area contributed by atoms with Crippen LogP contribution in [0.2, 0.25) is 0 Å². The SMILES string of the molecule is CC(=O)O[C@H]1CC[C@H]2[C@@H]3C[C@H](O)[C@@H]4C[C@H](O)CC[C@]4(C)[C@@H]3CC[C@]12C. The Morgan fingerprint density at radius 1 is 0.920 bits per heavy atom. The van der Waals surface area contributed by atoms with Gasteiger partial charge in [0.1, 0.15) is 6.10 Å². The molecular formula is C21H34O4. The van der Waals surface area contributed by atoms with Gasteiger partial charge < -0.3 is 14.9 Å². The van der Waals surface area contributed by atoms with Crippen molar-refractivity contribution >= 4 is 5.97 Å². The molecule has 0 saturated heterocycles. The average molecular weight is 350 g/mol. The molecule has 0 radical (unpaired) electrons. The highest BCUT2D eigenvalue weighted by atomic mass is 16.5. The van der Waals surface area contributed by atoms with Crippen LogP contribution in [0, 0.1) is 34.5 Å². The minimum atomic E-state index is -0.295. The molecule has 0 amide bonds. The number of fused-ring (bicyclic) bond motifs is 5. The lowest BCUT2D eigenvalue weighted by Gasteiger charge is -2.61. The Labute approximate surface area is 151 Å². The number of ether oxygens (including phenoxy) is 1. The van der Waals surface area contributed by atoms with E-state index in [2.05, 4.69) is 13.8 Å². The van der Waals surface area contributed by atoms with Gasteiger partial charge in [0.2, 0.25) is 0 Å². The lowest BCUT2D eigenvalue weighted by Crippen LogP contribution is -2.58. The van der Waals surface area contributed by atoms with Crippen LogP contribution in [0.25, 0.3) is 0 Å². The van der Waals surface area contributed by atoms with Gasteiger partial charge in [-0.2, -0.15) is 0 Å². The van der Waals surface area contributed by atoms with Crippen LogP contribution in [0.3, 0.4) is 0 Å². The lowest BCUT2D eigenvalue weighted by atomic mass is 9.44. The van der Waals surface area contributed by atoms with Crippen LogP contribution < -0.4 is 0 Å². The summed E-state index contributed by atoms with van der Waals surface area (Å²) in [5.74, 6) is 1.81. The van der Waals surface area contributed by atoms with Crippen LogP contribution in [-0.4, -0.2) is 34.5 Å². The van der Waals surface area contributed by atoms with Crippen molar-refractivity contribution in [1.29, 1.82) is 0 Å². The largest absolute Gasteiger partial charge is 0.462 e. The van der Waals surface area contributed by atoms with Crippen LogP contribution in [-0.2, 0) is 9.53 Å². The third-order valence-corrected chi connectivity index (χ3v) is 8.87. The Balaban J connectivity index is 1.61. The molecule has 9 atom stereocenters. The zero-order valence-electron chi connectivity index (χ0n) is 15.9. The molecule has 142 valence electrons. The molecule has 25 heavy (non-hydrogen) atoms. The molecule has 4 nitrogen and oxygen atoms in total. The van der Waals surface area contributed by atoms with Gasteiger partial charge in [0.05, 0.1) is 12.2 Å². The van der Waals surface area contributed by atoms with Crippen molar-refractivity contribution in [2.75, 3.05) is 0 Å². The molecule has 0 bridgehead atoms. The standard InChI is InChI=1S/C21H34O4/c1-12(22)25-19-5-4-15-14-11-18(24)17-10-13(23)6-8-20(17,2)16(14)7-9-21(15,19)3/h13-19,23-24H,4-11H2,1-3H3/t13-,14+,15+,16-,17+,18+,19+,20-,21+/m1/s1. The number of rotatable bonds is 1. The Morgan fingerprint density at radius 2 is 1.60 bits per heavy atom. The topological polar surface area (TPSA) is 66.8 Å². The zero-order chi connectivity index (χ0) is 18.0. The monoisotopic (exact) mass is 350 g/mol. The fourth-order valence-electron chi connectivity index (χ4n) is 7.62. The molecular weight excluding hydrogens is 316 g/mol. The Hall–Kier alpha value is -0.610. The van der Waals surface area contributed by atoms with Crippen molar-refractivity contribution in [1.82, 2.24) is 0 Å². The van der Waals surface area contributed by atoms with Crippen molar-refractivity contribution < 1.29 is 19.7 Å². The van der Waals surface area contributed by atoms with Gasteiger partial charge in [-0.05, 0) is 80.5 Å². The Morgan fingerprint density at radius 3 is 2.32 bits per heavy atom. The molecule has 0 spiro atoms. The van der Waals surface area contributed by atoms with Crippen molar-refractivity contribution in [2.45, 2.75) is 90.4 Å². The normalized spacial score (nSPS) is 55.0. The van der Waals surface area contributed by atoms with E-state index in [1.165, 1.54) is 13.3 Å². The van der Waals surface area contributed by atoms with Crippen molar-refractivity contribution in [2.24, 2.45) is 34.5 Å². The minimum absolute atomic E-state index is 0.0480. The van der Waals surface area contributed by atoms with E-state index in [0.717, 1.165) is 44.9 Å². The maximum Gasteiger partial charge on any atom is 0.302 e. The van der Waals surface area contributed by atoms with Crippen LogP contribution in [0.1, 0.15) is 72.1 Å². The third kappa shape index (κ3) is 2.58. The van der Waals surface area contributed by atoms with Crippen molar-refractivity contribution in [3.8, 4) is 0 Å². The van der Waals surface area contributed by atoms with Gasteiger partial charge >= 0.3 is 5.97 Å². The molecule has 4 aliphatic carbocycles. The highest BCUT2D eigenvalue weighted by Gasteiger charge is 2.62. The number of esters is 1. The maximum atomic E-state index is 11.5. The van der Waals surface area contributed by atoms with E-state index in [9.17, 15) is 15.0 Å². The van der Waals surface area contributed by atoms with E-state index in [0.29, 0.717) is 17.8 Å². The van der Waals surface area contributed by atoms with E-state index in [4.69, 9.17) is 4.74 Å². The molecule has 2 N–H and O–H groups in total. The summed E-state index contributed by atoms with van der Waals surface area (Å²) >= 11 is 0. The number of carbonyl (C=O) groups excluding carboxylic acids is 1. The first kappa shape index (κ1) is 17.8. The second-order valence-corrected chi connectivity index (χ2v) is 9.94. The predicted octanol–water partition coefficient (Wildman–Crippen LogP) is 3.29. The van der Waals surface area contributed by atoms with Gasteiger partial charge in [0.15, 0.2) is 0 Å². The molecule has 4 saturated carbocycles. The van der Waals surface area contributed by atoms with Crippen LogP contribution >= 0.6 is 0 Å². The summed E-state index contributed by atoms with van der Waals surface area (Å²) < 4.78 is 5.70. The first-order chi connectivity index (χ1) is 11.8. The number of aliphatic hydroxyl groups excluding tert-OH is 2. The number of aliphatic hydroxyl groups is 2. The summed E-state index contributed by atoms with van der Waals surface area (Å²) in [5, 5.41) is 21.1. The first-order valence-electron chi connectivity index (χ1n) is 10.3. The molecule has 0 aromatic rings. The molecule has 4 fully saturated rings. The summed E-state index contributed by atoms with van der Waals surface area (Å²) in [6, 6.07) is 0. The fourth-order valence-corrected chi connectivity index (χ4v) is 7.62. The van der Waals surface area contributed by atoms with Gasteiger partial charge in [-0.25, -0.2) is 0 Å². The molecule has 0 unspecified atom stereocenters. The number of hydrogen-bond acceptors (Lipinski definition) is 4. The fraction of sp³-hybridized carbons (Fsp3) is 0.952. The first-order valence-corrected chi connectivity index (χ1v) is 10.3. The summed E-state index contributed by atoms with van der Waals surface area (Å²) in [7, 11) is 0. The Kier molecular flexibility index (Phi) is 4.23. The summed E-state index contributed by atoms with van der Waals surface area (Å²) in [6.45, 7) is 6.22. The smallest absolute Gasteiger partial charge is 0.302 e. The maximum absolute atomic E-state index is 11.5. The third-order valence-electron chi connectivity index (χ3n) is 8.87. The van der Waals surface area contributed by atoms with Crippen molar-refractivity contribution in [3.05, 3.63) is 0 Å². The number of hydrogen-bond donors (Lipinski definition) is 2. The summed E-state index contributed by atoms with van der Waals surface area (Å²) in [5.41, 5.74) is 0.229. The highest BCUT2D eigenvalue weighted by Crippen LogP contribution is 2.66. The zero-order valence-corrected chi connectivity index (χ0v) is 15.9. The van der Waals surface area contributed by atoms with Gasteiger partial charge in [-0.3, -0.25) is 4.79 Å². The second kappa shape index (κ2) is 5.95. The summed E-state index contributed by atoms with van der Waals surface area (Å²) in [6.07, 6.45) is 7.44. The predicted molar refractivity (Wildman–Crippen MR) is 94.7 cm³/mol. The molecule has 4 aliphatic rings. The van der Waals surface area contributed by atoms with Gasteiger partial charge in [0, 0.05) is 12.3 Å². The van der Waals surface area contributed by atoms with E-state index in [-0.39, 0.29) is 41.0 Å². The van der Waals surface area contributed by atoms with Crippen LogP contribution in [0.4, 0.5) is 0 Å². The Bertz CT molecular complexity index is 548. The van der Waals surface area contributed by atoms with Crippen LogP contribution in [0.15, 0.2) is 0 Å². The van der Waals surface area contributed by atoms with Crippen molar-refractivity contribution in [3.63, 3.8) is 0 Å². The summed E-state index contributed by atoms with van der Waals surface area (Å²) in [4.78, 5) is 11.5. The van der Waals surface area contributed by atoms with Gasteiger partial charge in [-0.15, -0.1) is 0 Å². The van der Waals surface area contributed by atoms with E-state index >= 15 is 0 Å². The van der Waals surface area contributed by atoms with Gasteiger partial charge in [0.25, 0.3) is 0 Å². The van der Waals surface area contributed by atoms with E-state index in [1.807, 2.05) is 0 Å². The van der Waals surface area contributed by atoms with E-state index in [1.54, 1.807) is 0 Å².